The number of aromatic nitrogens is 2. The van der Waals surface area contributed by atoms with Crippen molar-refractivity contribution >= 4 is 16.9 Å². The fourth-order valence-electron chi connectivity index (χ4n) is 4.85. The molecule has 0 spiro atoms. The van der Waals surface area contributed by atoms with Gasteiger partial charge in [-0.05, 0) is 90.9 Å². The molecule has 198 valence electrons. The van der Waals surface area contributed by atoms with E-state index in [-0.39, 0.29) is 5.97 Å². The van der Waals surface area contributed by atoms with Crippen LogP contribution >= 0.6 is 0 Å². The van der Waals surface area contributed by atoms with Gasteiger partial charge in [-0.15, -0.1) is 0 Å². The van der Waals surface area contributed by atoms with Crippen molar-refractivity contribution < 1.29 is 14.3 Å². The van der Waals surface area contributed by atoms with Gasteiger partial charge in [0.05, 0.1) is 18.7 Å². The molecule has 0 aliphatic heterocycles. The molecule has 0 atom stereocenters. The number of esters is 1. The first kappa shape index (κ1) is 26.2. The molecule has 5 nitrogen and oxygen atoms in total. The summed E-state index contributed by atoms with van der Waals surface area (Å²) in [5.74, 6) is 0.701. The largest absolute Gasteiger partial charge is 0.493 e. The number of nitrogens with zero attached hydrogens (tertiary/aromatic N) is 2. The molecule has 2 heterocycles. The SMILES string of the molecule is CCOC(=O)CCc1ccc2c(c1)c(CCc1ccccc1)cn2-c1ccc(OCCc2cccnc2)cc1. The van der Waals surface area contributed by atoms with Crippen LogP contribution in [0.25, 0.3) is 16.6 Å². The lowest BCUT2D eigenvalue weighted by molar-refractivity contribution is -0.143. The van der Waals surface area contributed by atoms with Gasteiger partial charge in [-0.1, -0.05) is 42.5 Å². The van der Waals surface area contributed by atoms with E-state index < -0.39 is 0 Å². The van der Waals surface area contributed by atoms with Crippen LogP contribution in [0.4, 0.5) is 0 Å². The summed E-state index contributed by atoms with van der Waals surface area (Å²) >= 11 is 0. The molecule has 0 aliphatic carbocycles. The van der Waals surface area contributed by atoms with Crippen LogP contribution in [-0.2, 0) is 35.2 Å². The number of hydrogen-bond acceptors (Lipinski definition) is 4. The van der Waals surface area contributed by atoms with Gasteiger partial charge < -0.3 is 14.0 Å². The van der Waals surface area contributed by atoms with Crippen LogP contribution in [0.5, 0.6) is 5.75 Å². The van der Waals surface area contributed by atoms with Gasteiger partial charge in [0.25, 0.3) is 0 Å². The number of ether oxygens (including phenoxy) is 2. The van der Waals surface area contributed by atoms with Crippen LogP contribution in [0.15, 0.2) is 104 Å². The second-order valence-corrected chi connectivity index (χ2v) is 9.62. The highest BCUT2D eigenvalue weighted by Gasteiger charge is 2.12. The Balaban J connectivity index is 1.35. The monoisotopic (exact) mass is 518 g/mol. The number of benzene rings is 3. The average molecular weight is 519 g/mol. The first-order chi connectivity index (χ1) is 19.2. The standard InChI is InChI=1S/C34H34N2O3/c1-2-38-34(37)19-12-27-11-18-33-32(23-27)29(13-10-26-7-4-3-5-8-26)25-36(33)30-14-16-31(17-15-30)39-22-20-28-9-6-21-35-24-28/h3-9,11,14-18,21,23-25H,2,10,12-13,19-20,22H2,1H3. The van der Waals surface area contributed by atoms with Crippen LogP contribution in [0.2, 0.25) is 0 Å². The summed E-state index contributed by atoms with van der Waals surface area (Å²) in [5.41, 5.74) is 7.17. The maximum absolute atomic E-state index is 11.9. The Hall–Kier alpha value is -4.38. The average Bonchev–Trinajstić information content (AvgIpc) is 3.34. The van der Waals surface area contributed by atoms with E-state index in [1.807, 2.05) is 31.3 Å². The molecule has 39 heavy (non-hydrogen) atoms. The lowest BCUT2D eigenvalue weighted by Crippen LogP contribution is -2.05. The second-order valence-electron chi connectivity index (χ2n) is 9.62. The zero-order valence-corrected chi connectivity index (χ0v) is 22.4. The van der Waals surface area contributed by atoms with Gasteiger partial charge in [0.2, 0.25) is 0 Å². The third-order valence-corrected chi connectivity index (χ3v) is 6.90. The maximum Gasteiger partial charge on any atom is 0.306 e. The number of aryl methyl sites for hydroxylation is 3. The van der Waals surface area contributed by atoms with Gasteiger partial charge in [0.1, 0.15) is 5.75 Å². The van der Waals surface area contributed by atoms with E-state index in [1.54, 1.807) is 6.20 Å². The van der Waals surface area contributed by atoms with Crippen LogP contribution in [0, 0.1) is 0 Å². The van der Waals surface area contributed by atoms with Crippen molar-refractivity contribution in [2.24, 2.45) is 0 Å². The molecular weight excluding hydrogens is 484 g/mol. The molecule has 0 N–H and O–H groups in total. The Kier molecular flexibility index (Phi) is 8.69. The van der Waals surface area contributed by atoms with Gasteiger partial charge in [-0.2, -0.15) is 0 Å². The van der Waals surface area contributed by atoms with Crippen LogP contribution in [0.3, 0.4) is 0 Å². The van der Waals surface area contributed by atoms with Crippen molar-refractivity contribution in [2.45, 2.75) is 39.0 Å². The van der Waals surface area contributed by atoms with Crippen molar-refractivity contribution in [3.63, 3.8) is 0 Å². The van der Waals surface area contributed by atoms with Crippen LogP contribution < -0.4 is 4.74 Å². The molecule has 0 unspecified atom stereocenters. The number of rotatable bonds is 12. The summed E-state index contributed by atoms with van der Waals surface area (Å²) in [4.78, 5) is 16.1. The Bertz CT molecular complexity index is 1490. The smallest absolute Gasteiger partial charge is 0.306 e. The number of carbonyl (C=O) groups is 1. The molecular formula is C34H34N2O3. The van der Waals surface area contributed by atoms with Crippen molar-refractivity contribution in [1.82, 2.24) is 9.55 Å². The van der Waals surface area contributed by atoms with E-state index in [9.17, 15) is 4.79 Å². The normalized spacial score (nSPS) is 11.0. The van der Waals surface area contributed by atoms with Crippen molar-refractivity contribution in [2.75, 3.05) is 13.2 Å². The summed E-state index contributed by atoms with van der Waals surface area (Å²) in [6.07, 6.45) is 9.70. The Morgan fingerprint density at radius 2 is 1.64 bits per heavy atom. The van der Waals surface area contributed by atoms with E-state index in [0.29, 0.717) is 26.1 Å². The van der Waals surface area contributed by atoms with Crippen LogP contribution in [0.1, 0.15) is 35.6 Å². The Morgan fingerprint density at radius 1 is 0.821 bits per heavy atom. The zero-order valence-electron chi connectivity index (χ0n) is 22.4. The third kappa shape index (κ3) is 6.94. The third-order valence-electron chi connectivity index (χ3n) is 6.90. The zero-order chi connectivity index (χ0) is 26.9. The number of fused-ring (bicyclic) bond motifs is 1. The number of hydrogen-bond donors (Lipinski definition) is 0. The number of carbonyl (C=O) groups excluding carboxylic acids is 1. The molecule has 0 saturated heterocycles. The quantitative estimate of drug-likeness (QED) is 0.168. The summed E-state index contributed by atoms with van der Waals surface area (Å²) in [6.45, 7) is 2.86. The van der Waals surface area contributed by atoms with Gasteiger partial charge in [-0.25, -0.2) is 0 Å². The molecule has 0 saturated carbocycles. The molecule has 0 amide bonds. The maximum atomic E-state index is 11.9. The number of pyridine rings is 1. The lowest BCUT2D eigenvalue weighted by atomic mass is 10.0. The van der Waals surface area contributed by atoms with Crippen LogP contribution in [-0.4, -0.2) is 28.7 Å². The highest BCUT2D eigenvalue weighted by molar-refractivity contribution is 5.86. The summed E-state index contributed by atoms with van der Waals surface area (Å²) in [5, 5.41) is 1.23. The molecule has 0 bridgehead atoms. The van der Waals surface area contributed by atoms with E-state index in [4.69, 9.17) is 9.47 Å². The highest BCUT2D eigenvalue weighted by atomic mass is 16.5. The summed E-state index contributed by atoms with van der Waals surface area (Å²) in [7, 11) is 0. The first-order valence-electron chi connectivity index (χ1n) is 13.6. The Labute approximate surface area is 230 Å². The minimum Gasteiger partial charge on any atom is -0.493 e. The molecule has 2 aromatic heterocycles. The van der Waals surface area contributed by atoms with Crippen molar-refractivity contribution in [1.29, 1.82) is 0 Å². The fraction of sp³-hybridized carbons (Fsp3) is 0.235. The lowest BCUT2D eigenvalue weighted by Gasteiger charge is -2.09. The predicted molar refractivity (Wildman–Crippen MR) is 156 cm³/mol. The van der Waals surface area contributed by atoms with E-state index >= 15 is 0 Å². The molecule has 0 fully saturated rings. The molecule has 3 aromatic carbocycles. The minimum atomic E-state index is -0.151. The topological polar surface area (TPSA) is 53.4 Å². The Morgan fingerprint density at radius 3 is 2.41 bits per heavy atom. The fourth-order valence-corrected chi connectivity index (χ4v) is 4.85. The van der Waals surface area contributed by atoms with E-state index in [0.717, 1.165) is 47.3 Å². The van der Waals surface area contributed by atoms with Gasteiger partial charge in [0.15, 0.2) is 0 Å². The molecule has 0 aliphatic rings. The van der Waals surface area contributed by atoms with Gasteiger partial charge in [-0.3, -0.25) is 9.78 Å². The molecule has 0 radical (unpaired) electrons. The summed E-state index contributed by atoms with van der Waals surface area (Å²) in [6, 6.07) is 29.4. The van der Waals surface area contributed by atoms with E-state index in [1.165, 1.54) is 16.5 Å². The predicted octanol–water partition coefficient (Wildman–Crippen LogP) is 6.93. The van der Waals surface area contributed by atoms with Gasteiger partial charge in [0, 0.05) is 42.5 Å². The molecule has 5 aromatic rings. The van der Waals surface area contributed by atoms with Crippen molar-refractivity contribution in [3.05, 3.63) is 126 Å². The molecule has 5 heteroatoms. The highest BCUT2D eigenvalue weighted by Crippen LogP contribution is 2.29. The summed E-state index contributed by atoms with van der Waals surface area (Å²) < 4.78 is 13.4. The minimum absolute atomic E-state index is 0.151. The van der Waals surface area contributed by atoms with Gasteiger partial charge >= 0.3 is 5.97 Å². The molecule has 5 rings (SSSR count). The second kappa shape index (κ2) is 12.9. The first-order valence-corrected chi connectivity index (χ1v) is 13.6. The van der Waals surface area contributed by atoms with E-state index in [2.05, 4.69) is 82.5 Å². The van der Waals surface area contributed by atoms with Crippen molar-refractivity contribution in [3.8, 4) is 11.4 Å².